The number of para-hydroxylation sites is 1. The summed E-state index contributed by atoms with van der Waals surface area (Å²) in [5.41, 5.74) is 1.05. The van der Waals surface area contributed by atoms with E-state index in [-0.39, 0.29) is 24.9 Å². The van der Waals surface area contributed by atoms with Crippen molar-refractivity contribution in [3.63, 3.8) is 0 Å². The third-order valence-electron chi connectivity index (χ3n) is 4.81. The third kappa shape index (κ3) is 6.27. The Kier molecular flexibility index (Phi) is 7.64. The molecule has 148 valence electrons. The Morgan fingerprint density at radius 3 is 2.74 bits per heavy atom. The zero-order valence-electron chi connectivity index (χ0n) is 16.0. The Hall–Kier alpha value is -2.57. The van der Waals surface area contributed by atoms with E-state index in [1.807, 2.05) is 31.2 Å². The molecule has 1 unspecified atom stereocenters. The van der Waals surface area contributed by atoms with E-state index in [0.29, 0.717) is 38.8 Å². The molecule has 0 spiro atoms. The van der Waals surface area contributed by atoms with Crippen molar-refractivity contribution in [2.45, 2.75) is 32.6 Å². The van der Waals surface area contributed by atoms with Crippen molar-refractivity contribution in [2.75, 3.05) is 33.3 Å². The van der Waals surface area contributed by atoms with Crippen LogP contribution < -0.4 is 4.74 Å². The topological polar surface area (TPSA) is 87.2 Å². The summed E-state index contributed by atoms with van der Waals surface area (Å²) in [6.07, 6.45) is 2.13. The summed E-state index contributed by atoms with van der Waals surface area (Å²) >= 11 is 0. The van der Waals surface area contributed by atoms with E-state index in [9.17, 15) is 14.4 Å². The van der Waals surface area contributed by atoms with Gasteiger partial charge in [-0.15, -0.1) is 0 Å². The van der Waals surface area contributed by atoms with Crippen LogP contribution in [0.25, 0.3) is 0 Å². The van der Waals surface area contributed by atoms with E-state index in [0.717, 1.165) is 11.3 Å². The predicted molar refractivity (Wildman–Crippen MR) is 100 cm³/mol. The molecule has 2 rings (SSSR count). The van der Waals surface area contributed by atoms with Crippen LogP contribution in [-0.2, 0) is 14.4 Å². The molecule has 1 aromatic rings. The molecular formula is C20H28N2O5. The van der Waals surface area contributed by atoms with Crippen LogP contribution in [0, 0.1) is 12.8 Å². The fraction of sp³-hybridized carbons (Fsp3) is 0.550. The van der Waals surface area contributed by atoms with E-state index in [1.54, 1.807) is 11.9 Å². The molecule has 0 saturated carbocycles. The molecule has 27 heavy (non-hydrogen) atoms. The van der Waals surface area contributed by atoms with Crippen LogP contribution in [0.4, 0.5) is 0 Å². The van der Waals surface area contributed by atoms with Gasteiger partial charge in [-0.3, -0.25) is 14.4 Å². The van der Waals surface area contributed by atoms with Crippen LogP contribution in [0.5, 0.6) is 5.75 Å². The van der Waals surface area contributed by atoms with E-state index in [4.69, 9.17) is 9.84 Å². The van der Waals surface area contributed by atoms with Crippen LogP contribution in [0.2, 0.25) is 0 Å². The first-order valence-electron chi connectivity index (χ1n) is 9.31. The van der Waals surface area contributed by atoms with E-state index in [1.165, 1.54) is 4.90 Å². The molecule has 1 fully saturated rings. The van der Waals surface area contributed by atoms with Gasteiger partial charge < -0.3 is 19.6 Å². The number of aliphatic carboxylic acids is 1. The van der Waals surface area contributed by atoms with Crippen molar-refractivity contribution in [1.82, 2.24) is 9.80 Å². The Labute approximate surface area is 159 Å². The standard InChI is InChI=1S/C20H28N2O5/c1-15-7-3-4-9-17(15)27-12-6-10-18(23)21(2)14-19(24)22-11-5-8-16(13-22)20(25)26/h3-4,7,9,16H,5-6,8,10-14H2,1-2H3,(H,25,26). The summed E-state index contributed by atoms with van der Waals surface area (Å²) < 4.78 is 5.68. The lowest BCUT2D eigenvalue weighted by Gasteiger charge is -2.32. The van der Waals surface area contributed by atoms with Crippen molar-refractivity contribution < 1.29 is 24.2 Å². The summed E-state index contributed by atoms with van der Waals surface area (Å²) in [5.74, 6) is -0.893. The number of carboxylic acids is 1. The lowest BCUT2D eigenvalue weighted by molar-refractivity contribution is -0.147. The van der Waals surface area contributed by atoms with Gasteiger partial charge in [0.25, 0.3) is 0 Å². The van der Waals surface area contributed by atoms with Gasteiger partial charge in [0.2, 0.25) is 11.8 Å². The van der Waals surface area contributed by atoms with Crippen molar-refractivity contribution >= 4 is 17.8 Å². The predicted octanol–water partition coefficient (Wildman–Crippen LogP) is 1.94. The molecule has 1 aromatic carbocycles. The maximum Gasteiger partial charge on any atom is 0.308 e. The van der Waals surface area contributed by atoms with Gasteiger partial charge in [0.15, 0.2) is 0 Å². The second-order valence-electron chi connectivity index (χ2n) is 6.98. The molecule has 7 nitrogen and oxygen atoms in total. The zero-order chi connectivity index (χ0) is 19.8. The number of hydrogen-bond acceptors (Lipinski definition) is 4. The van der Waals surface area contributed by atoms with Crippen LogP contribution >= 0.6 is 0 Å². The number of likely N-dealkylation sites (N-methyl/N-ethyl adjacent to an activating group) is 1. The number of hydrogen-bond donors (Lipinski definition) is 1. The maximum absolute atomic E-state index is 12.3. The molecular weight excluding hydrogens is 348 g/mol. The number of carboxylic acid groups (broad SMARTS) is 1. The van der Waals surface area contributed by atoms with Crippen molar-refractivity contribution in [3.05, 3.63) is 29.8 Å². The van der Waals surface area contributed by atoms with Gasteiger partial charge in [-0.05, 0) is 37.8 Å². The van der Waals surface area contributed by atoms with Gasteiger partial charge in [-0.2, -0.15) is 0 Å². The number of rotatable bonds is 8. The molecule has 1 aliphatic rings. The number of carbonyl (C=O) groups is 3. The molecule has 1 atom stereocenters. The van der Waals surface area contributed by atoms with Crippen LogP contribution in [0.1, 0.15) is 31.2 Å². The number of ether oxygens (including phenoxy) is 1. The summed E-state index contributed by atoms with van der Waals surface area (Å²) in [5, 5.41) is 9.11. The van der Waals surface area contributed by atoms with Crippen molar-refractivity contribution in [2.24, 2.45) is 5.92 Å². The second-order valence-corrected chi connectivity index (χ2v) is 6.98. The van der Waals surface area contributed by atoms with Crippen LogP contribution in [0.15, 0.2) is 24.3 Å². The Morgan fingerprint density at radius 1 is 1.30 bits per heavy atom. The van der Waals surface area contributed by atoms with E-state index < -0.39 is 11.9 Å². The van der Waals surface area contributed by atoms with Gasteiger partial charge in [0.1, 0.15) is 5.75 Å². The van der Waals surface area contributed by atoms with Crippen molar-refractivity contribution in [3.8, 4) is 5.75 Å². The number of benzene rings is 1. The molecule has 0 bridgehead atoms. The van der Waals surface area contributed by atoms with Gasteiger partial charge in [-0.1, -0.05) is 18.2 Å². The first kappa shape index (κ1) is 20.7. The molecule has 1 saturated heterocycles. The Balaban J connectivity index is 1.71. The molecule has 0 radical (unpaired) electrons. The highest BCUT2D eigenvalue weighted by Gasteiger charge is 2.28. The highest BCUT2D eigenvalue weighted by molar-refractivity contribution is 5.85. The molecule has 0 aliphatic carbocycles. The molecule has 2 amide bonds. The minimum absolute atomic E-state index is 0.0240. The minimum Gasteiger partial charge on any atom is -0.493 e. The average molecular weight is 376 g/mol. The fourth-order valence-corrected chi connectivity index (χ4v) is 3.11. The third-order valence-corrected chi connectivity index (χ3v) is 4.81. The SMILES string of the molecule is Cc1ccccc1OCCCC(=O)N(C)CC(=O)N1CCCC(C(=O)O)C1. The minimum atomic E-state index is -0.870. The number of carbonyl (C=O) groups excluding carboxylic acids is 2. The zero-order valence-corrected chi connectivity index (χ0v) is 16.0. The molecule has 0 aromatic heterocycles. The van der Waals surface area contributed by atoms with Crippen LogP contribution in [0.3, 0.4) is 0 Å². The molecule has 1 aliphatic heterocycles. The summed E-state index contributed by atoms with van der Waals surface area (Å²) in [6.45, 7) is 3.15. The quantitative estimate of drug-likeness (QED) is 0.701. The highest BCUT2D eigenvalue weighted by Crippen LogP contribution is 2.18. The van der Waals surface area contributed by atoms with Gasteiger partial charge in [0, 0.05) is 26.6 Å². The Morgan fingerprint density at radius 2 is 2.04 bits per heavy atom. The first-order valence-corrected chi connectivity index (χ1v) is 9.31. The normalized spacial score (nSPS) is 16.7. The second kappa shape index (κ2) is 9.94. The summed E-state index contributed by atoms with van der Waals surface area (Å²) in [7, 11) is 1.60. The molecule has 1 heterocycles. The summed E-state index contributed by atoms with van der Waals surface area (Å²) in [6, 6.07) is 7.71. The van der Waals surface area contributed by atoms with Gasteiger partial charge >= 0.3 is 5.97 Å². The largest absolute Gasteiger partial charge is 0.493 e. The number of likely N-dealkylation sites (tertiary alicyclic amines) is 1. The first-order chi connectivity index (χ1) is 12.9. The lowest BCUT2D eigenvalue weighted by atomic mass is 9.98. The van der Waals surface area contributed by atoms with Gasteiger partial charge in [0.05, 0.1) is 19.1 Å². The Bertz CT molecular complexity index is 676. The number of amides is 2. The van der Waals surface area contributed by atoms with Gasteiger partial charge in [-0.25, -0.2) is 0 Å². The molecule has 1 N–H and O–H groups in total. The average Bonchev–Trinajstić information content (AvgIpc) is 2.66. The molecule has 7 heteroatoms. The number of nitrogens with zero attached hydrogens (tertiary/aromatic N) is 2. The lowest BCUT2D eigenvalue weighted by Crippen LogP contribution is -2.46. The maximum atomic E-state index is 12.3. The smallest absolute Gasteiger partial charge is 0.308 e. The van der Waals surface area contributed by atoms with Crippen LogP contribution in [-0.4, -0.2) is 66.0 Å². The monoisotopic (exact) mass is 376 g/mol. The highest BCUT2D eigenvalue weighted by atomic mass is 16.5. The van der Waals surface area contributed by atoms with Crippen molar-refractivity contribution in [1.29, 1.82) is 0 Å². The fourth-order valence-electron chi connectivity index (χ4n) is 3.11. The van der Waals surface area contributed by atoms with E-state index in [2.05, 4.69) is 0 Å². The number of piperidine rings is 1. The summed E-state index contributed by atoms with van der Waals surface area (Å²) in [4.78, 5) is 38.6. The number of aryl methyl sites for hydroxylation is 1. The van der Waals surface area contributed by atoms with E-state index >= 15 is 0 Å².